The Balaban J connectivity index is 1.53. The summed E-state index contributed by atoms with van der Waals surface area (Å²) in [5, 5.41) is 5.33. The van der Waals surface area contributed by atoms with E-state index in [-0.39, 0.29) is 23.2 Å². The van der Waals surface area contributed by atoms with Crippen molar-refractivity contribution in [3.8, 4) is 5.75 Å². The normalized spacial score (nSPS) is 14.7. The zero-order valence-electron chi connectivity index (χ0n) is 18.3. The first-order valence-corrected chi connectivity index (χ1v) is 10.9. The van der Waals surface area contributed by atoms with Gasteiger partial charge >= 0.3 is 0 Å². The van der Waals surface area contributed by atoms with Gasteiger partial charge in [0.15, 0.2) is 11.7 Å². The van der Waals surface area contributed by atoms with Gasteiger partial charge in [0.05, 0.1) is 5.69 Å². The van der Waals surface area contributed by atoms with E-state index in [9.17, 15) is 14.4 Å². The molecule has 1 aliphatic rings. The van der Waals surface area contributed by atoms with Crippen molar-refractivity contribution >= 4 is 52.5 Å². The van der Waals surface area contributed by atoms with Crippen LogP contribution in [0.4, 0.5) is 11.4 Å². The number of thiocarbonyl (C=S) groups is 1. The van der Waals surface area contributed by atoms with Gasteiger partial charge in [-0.25, -0.2) is 0 Å². The van der Waals surface area contributed by atoms with E-state index in [0.717, 1.165) is 5.56 Å². The molecule has 0 aliphatic carbocycles. The van der Waals surface area contributed by atoms with Crippen LogP contribution in [0.1, 0.15) is 11.1 Å². The lowest BCUT2D eigenvalue weighted by Gasteiger charge is -2.28. The van der Waals surface area contributed by atoms with Gasteiger partial charge in [-0.2, -0.15) is 0 Å². The molecule has 3 aromatic carbocycles. The number of amides is 3. The summed E-state index contributed by atoms with van der Waals surface area (Å²) in [6.07, 6.45) is 1.43. The van der Waals surface area contributed by atoms with Crippen molar-refractivity contribution in [2.75, 3.05) is 16.8 Å². The molecule has 1 fully saturated rings. The van der Waals surface area contributed by atoms with Gasteiger partial charge in [0.25, 0.3) is 17.7 Å². The highest BCUT2D eigenvalue weighted by molar-refractivity contribution is 7.80. The average molecular weight is 472 g/mol. The molecular formula is C26H21N3O4S. The maximum atomic E-state index is 13.2. The molecule has 0 radical (unpaired) electrons. The number of nitrogens with zero attached hydrogens (tertiary/aromatic N) is 1. The molecule has 1 saturated heterocycles. The summed E-state index contributed by atoms with van der Waals surface area (Å²) < 4.78 is 5.70. The lowest BCUT2D eigenvalue weighted by Crippen LogP contribution is -2.54. The monoisotopic (exact) mass is 471 g/mol. The van der Waals surface area contributed by atoms with Gasteiger partial charge in [0, 0.05) is 11.3 Å². The third kappa shape index (κ3) is 5.19. The van der Waals surface area contributed by atoms with Crippen molar-refractivity contribution in [2.24, 2.45) is 0 Å². The minimum atomic E-state index is -0.603. The molecule has 2 N–H and O–H groups in total. The summed E-state index contributed by atoms with van der Waals surface area (Å²) in [7, 11) is 0. The first-order valence-electron chi connectivity index (χ1n) is 10.5. The van der Waals surface area contributed by atoms with Crippen molar-refractivity contribution < 1.29 is 19.1 Å². The summed E-state index contributed by atoms with van der Waals surface area (Å²) in [5.74, 6) is -1.13. The van der Waals surface area contributed by atoms with Gasteiger partial charge in [-0.1, -0.05) is 54.1 Å². The fourth-order valence-electron chi connectivity index (χ4n) is 3.33. The molecule has 1 heterocycles. The van der Waals surface area contributed by atoms with Crippen LogP contribution >= 0.6 is 12.2 Å². The largest absolute Gasteiger partial charge is 0.483 e. The van der Waals surface area contributed by atoms with Crippen molar-refractivity contribution in [2.45, 2.75) is 6.92 Å². The van der Waals surface area contributed by atoms with Gasteiger partial charge in [-0.3, -0.25) is 24.6 Å². The van der Waals surface area contributed by atoms with Gasteiger partial charge < -0.3 is 10.1 Å². The SMILES string of the molecule is Cc1ccc(NC(=O)COc2ccccc2/C=C2/C(=O)NC(=S)N(c3ccccc3)C2=O)cc1. The molecule has 0 aromatic heterocycles. The van der Waals surface area contributed by atoms with Crippen LogP contribution in [0.3, 0.4) is 0 Å². The first-order chi connectivity index (χ1) is 16.4. The van der Waals surface area contributed by atoms with E-state index in [2.05, 4.69) is 10.6 Å². The lowest BCUT2D eigenvalue weighted by molar-refractivity contribution is -0.122. The third-order valence-electron chi connectivity index (χ3n) is 5.03. The summed E-state index contributed by atoms with van der Waals surface area (Å²) in [6, 6.07) is 23.1. The Morgan fingerprint density at radius 1 is 1.00 bits per heavy atom. The quantitative estimate of drug-likeness (QED) is 0.324. The molecule has 34 heavy (non-hydrogen) atoms. The molecule has 0 unspecified atom stereocenters. The van der Waals surface area contributed by atoms with Gasteiger partial charge in [0.1, 0.15) is 11.3 Å². The first kappa shape index (κ1) is 22.9. The van der Waals surface area contributed by atoms with Gasteiger partial charge in [0.2, 0.25) is 0 Å². The Kier molecular flexibility index (Phi) is 6.79. The lowest BCUT2D eigenvalue weighted by atomic mass is 10.1. The van der Waals surface area contributed by atoms with E-state index in [1.54, 1.807) is 48.5 Å². The third-order valence-corrected chi connectivity index (χ3v) is 5.31. The molecule has 1 aliphatic heterocycles. The summed E-state index contributed by atoms with van der Waals surface area (Å²) in [4.78, 5) is 39.3. The molecule has 3 aromatic rings. The van der Waals surface area contributed by atoms with Crippen LogP contribution in [0, 0.1) is 6.92 Å². The number of carbonyl (C=O) groups excluding carboxylic acids is 3. The second-order valence-electron chi connectivity index (χ2n) is 7.53. The summed E-state index contributed by atoms with van der Waals surface area (Å²) >= 11 is 5.21. The fourth-order valence-corrected chi connectivity index (χ4v) is 3.61. The van der Waals surface area contributed by atoms with Crippen LogP contribution in [0.15, 0.2) is 84.4 Å². The summed E-state index contributed by atoms with van der Waals surface area (Å²) in [5.41, 5.74) is 2.67. The Bertz CT molecular complexity index is 1290. The Labute approximate surface area is 202 Å². The van der Waals surface area contributed by atoms with Gasteiger partial charge in [-0.05, 0) is 55.5 Å². The highest BCUT2D eigenvalue weighted by atomic mass is 32.1. The average Bonchev–Trinajstić information content (AvgIpc) is 2.83. The second-order valence-corrected chi connectivity index (χ2v) is 7.92. The van der Waals surface area contributed by atoms with E-state index in [1.807, 2.05) is 37.3 Å². The smallest absolute Gasteiger partial charge is 0.270 e. The van der Waals surface area contributed by atoms with Crippen LogP contribution < -0.4 is 20.3 Å². The van der Waals surface area contributed by atoms with Crippen molar-refractivity contribution in [1.82, 2.24) is 5.32 Å². The number of hydrogen-bond acceptors (Lipinski definition) is 5. The minimum absolute atomic E-state index is 0.00987. The van der Waals surface area contributed by atoms with E-state index in [0.29, 0.717) is 22.7 Å². The topological polar surface area (TPSA) is 87.7 Å². The van der Waals surface area contributed by atoms with E-state index in [1.165, 1.54) is 11.0 Å². The Morgan fingerprint density at radius 2 is 1.68 bits per heavy atom. The summed E-state index contributed by atoms with van der Waals surface area (Å²) in [6.45, 7) is 1.72. The zero-order chi connectivity index (χ0) is 24.1. The maximum Gasteiger partial charge on any atom is 0.270 e. The molecule has 4 rings (SSSR count). The van der Waals surface area contributed by atoms with Crippen molar-refractivity contribution in [1.29, 1.82) is 0 Å². The number of aryl methyl sites for hydroxylation is 1. The molecule has 8 heteroatoms. The number of para-hydroxylation sites is 2. The predicted molar refractivity (Wildman–Crippen MR) is 134 cm³/mol. The molecule has 0 bridgehead atoms. The number of benzene rings is 3. The predicted octanol–water partition coefficient (Wildman–Crippen LogP) is 3.84. The standard InChI is InChI=1S/C26H21N3O4S/c1-17-11-13-19(14-12-17)27-23(30)16-33-22-10-6-5-7-18(22)15-21-24(31)28-26(34)29(25(21)32)20-8-3-2-4-9-20/h2-15H,16H2,1H3,(H,27,30)(H,28,31,34)/b21-15-. The van der Waals surface area contributed by atoms with Crippen molar-refractivity contribution in [3.05, 3.63) is 95.6 Å². The van der Waals surface area contributed by atoms with Crippen LogP contribution in [-0.4, -0.2) is 29.4 Å². The van der Waals surface area contributed by atoms with Crippen LogP contribution in [0.5, 0.6) is 5.75 Å². The number of rotatable bonds is 6. The molecule has 3 amide bonds. The highest BCUT2D eigenvalue weighted by Crippen LogP contribution is 2.25. The molecule has 170 valence electrons. The number of nitrogens with one attached hydrogen (secondary N) is 2. The molecule has 7 nitrogen and oxygen atoms in total. The van der Waals surface area contributed by atoms with Crippen LogP contribution in [0.2, 0.25) is 0 Å². The van der Waals surface area contributed by atoms with E-state index in [4.69, 9.17) is 17.0 Å². The van der Waals surface area contributed by atoms with Crippen LogP contribution in [-0.2, 0) is 14.4 Å². The second kappa shape index (κ2) is 10.1. The van der Waals surface area contributed by atoms with E-state index < -0.39 is 11.8 Å². The fraction of sp³-hybridized carbons (Fsp3) is 0.0769. The Morgan fingerprint density at radius 3 is 2.41 bits per heavy atom. The van der Waals surface area contributed by atoms with Gasteiger partial charge in [-0.15, -0.1) is 0 Å². The molecular weight excluding hydrogens is 450 g/mol. The van der Waals surface area contributed by atoms with E-state index >= 15 is 0 Å². The number of anilines is 2. The molecule has 0 saturated carbocycles. The zero-order valence-corrected chi connectivity index (χ0v) is 19.1. The highest BCUT2D eigenvalue weighted by Gasteiger charge is 2.34. The number of carbonyl (C=O) groups is 3. The maximum absolute atomic E-state index is 13.2. The molecule has 0 atom stereocenters. The van der Waals surface area contributed by atoms with Crippen LogP contribution in [0.25, 0.3) is 6.08 Å². The molecule has 0 spiro atoms. The number of hydrogen-bond donors (Lipinski definition) is 2. The minimum Gasteiger partial charge on any atom is -0.483 e. The number of ether oxygens (including phenoxy) is 1. The van der Waals surface area contributed by atoms with Crippen molar-refractivity contribution in [3.63, 3.8) is 0 Å². The Hall–Kier alpha value is -4.30.